The molecule has 1 aliphatic heterocycles. The van der Waals surface area contributed by atoms with E-state index in [0.717, 1.165) is 0 Å². The van der Waals surface area contributed by atoms with Gasteiger partial charge in [-0.3, -0.25) is 9.59 Å². The second-order valence-electron chi connectivity index (χ2n) is 5.05. The quantitative estimate of drug-likeness (QED) is 0.739. The highest BCUT2D eigenvalue weighted by atomic mass is 16.4. The summed E-state index contributed by atoms with van der Waals surface area (Å²) in [5, 5.41) is 8.69. The van der Waals surface area contributed by atoms with Crippen molar-refractivity contribution in [2.24, 2.45) is 11.7 Å². The zero-order valence-electron chi connectivity index (χ0n) is 11.3. The summed E-state index contributed by atoms with van der Waals surface area (Å²) >= 11 is 0. The number of carboxylic acids is 1. The molecule has 1 rings (SSSR count). The van der Waals surface area contributed by atoms with Crippen molar-refractivity contribution >= 4 is 17.9 Å². The molecule has 0 radical (unpaired) electrons. The number of carboxylic acid groups (broad SMARTS) is 1. The fraction of sp³-hybridized carbons (Fsp3) is 0.750. The van der Waals surface area contributed by atoms with Gasteiger partial charge >= 0.3 is 12.0 Å². The second kappa shape index (κ2) is 6.40. The Morgan fingerprint density at radius 2 is 2.05 bits per heavy atom. The summed E-state index contributed by atoms with van der Waals surface area (Å²) < 4.78 is 0. The third kappa shape index (κ3) is 4.11. The van der Waals surface area contributed by atoms with E-state index in [4.69, 9.17) is 10.8 Å². The third-order valence-electron chi connectivity index (χ3n) is 3.30. The molecular formula is C12H21N3O4. The first kappa shape index (κ1) is 15.3. The number of carbonyl (C=O) groups excluding carboxylic acids is 2. The summed E-state index contributed by atoms with van der Waals surface area (Å²) in [7, 11) is 0. The largest absolute Gasteiger partial charge is 0.481 e. The minimum Gasteiger partial charge on any atom is -0.481 e. The zero-order chi connectivity index (χ0) is 14.6. The Kier molecular flexibility index (Phi) is 5.14. The zero-order valence-corrected chi connectivity index (χ0v) is 11.3. The average Bonchev–Trinajstić information content (AvgIpc) is 2.77. The molecule has 1 heterocycles. The summed E-state index contributed by atoms with van der Waals surface area (Å²) in [6.45, 7) is 4.65. The smallest absolute Gasteiger partial charge is 0.320 e. The van der Waals surface area contributed by atoms with Crippen molar-refractivity contribution in [3.8, 4) is 0 Å². The number of carbonyl (C=O) groups is 3. The van der Waals surface area contributed by atoms with E-state index in [1.54, 1.807) is 4.90 Å². The summed E-state index contributed by atoms with van der Waals surface area (Å²) in [6, 6.07) is -0.306. The van der Waals surface area contributed by atoms with Gasteiger partial charge in [0.05, 0.1) is 12.3 Å². The minimum absolute atomic E-state index is 0.0838. The van der Waals surface area contributed by atoms with E-state index in [1.165, 1.54) is 4.90 Å². The van der Waals surface area contributed by atoms with Crippen LogP contribution in [-0.4, -0.2) is 58.5 Å². The van der Waals surface area contributed by atoms with Crippen LogP contribution < -0.4 is 5.73 Å². The molecule has 0 aromatic carbocycles. The molecule has 0 bridgehead atoms. The number of hydrogen-bond donors (Lipinski definition) is 2. The second-order valence-corrected chi connectivity index (χ2v) is 5.05. The lowest BCUT2D eigenvalue weighted by Gasteiger charge is -2.30. The van der Waals surface area contributed by atoms with Crippen LogP contribution in [0.2, 0.25) is 0 Å². The number of rotatable bonds is 5. The van der Waals surface area contributed by atoms with Crippen LogP contribution in [0.3, 0.4) is 0 Å². The number of aliphatic carboxylic acids is 1. The van der Waals surface area contributed by atoms with Crippen molar-refractivity contribution in [3.63, 3.8) is 0 Å². The predicted octanol–water partition coefficient (Wildman–Crippen LogP) is 0.0987. The topological polar surface area (TPSA) is 104 Å². The Bertz CT molecular complexity index is 370. The summed E-state index contributed by atoms with van der Waals surface area (Å²) in [6.07, 6.45) is 0.489. The van der Waals surface area contributed by atoms with Crippen LogP contribution in [0.25, 0.3) is 0 Å². The lowest BCUT2D eigenvalue weighted by Crippen LogP contribution is -2.46. The van der Waals surface area contributed by atoms with Crippen molar-refractivity contribution in [2.75, 3.05) is 19.6 Å². The number of nitrogens with zero attached hydrogens (tertiary/aromatic N) is 2. The van der Waals surface area contributed by atoms with Crippen LogP contribution in [0.15, 0.2) is 0 Å². The predicted molar refractivity (Wildman–Crippen MR) is 68.4 cm³/mol. The molecule has 0 spiro atoms. The van der Waals surface area contributed by atoms with Gasteiger partial charge in [0.25, 0.3) is 0 Å². The molecule has 1 aliphatic rings. The molecule has 1 saturated heterocycles. The molecule has 7 nitrogen and oxygen atoms in total. The molecule has 19 heavy (non-hydrogen) atoms. The Morgan fingerprint density at radius 1 is 1.42 bits per heavy atom. The minimum atomic E-state index is -0.935. The van der Waals surface area contributed by atoms with Crippen molar-refractivity contribution in [2.45, 2.75) is 32.7 Å². The summed E-state index contributed by atoms with van der Waals surface area (Å²) in [4.78, 5) is 37.0. The number of nitrogens with two attached hydrogens (primary N) is 1. The molecule has 0 aliphatic carbocycles. The number of amides is 3. The van der Waals surface area contributed by atoms with E-state index in [1.807, 2.05) is 13.8 Å². The Balaban J connectivity index is 2.62. The summed E-state index contributed by atoms with van der Waals surface area (Å²) in [5.41, 5.74) is 5.23. The van der Waals surface area contributed by atoms with Crippen LogP contribution >= 0.6 is 0 Å². The standard InChI is InChI=1S/C12H21N3O4/c1-8(2)15(6-4-10(16)17)12(19)14-5-3-9(7-14)11(13)18/h8-9H,3-7H2,1-2H3,(H2,13,18)(H,16,17). The van der Waals surface area contributed by atoms with Crippen LogP contribution in [0.4, 0.5) is 4.79 Å². The van der Waals surface area contributed by atoms with E-state index < -0.39 is 11.9 Å². The molecule has 3 N–H and O–H groups in total. The van der Waals surface area contributed by atoms with Gasteiger partial charge in [-0.15, -0.1) is 0 Å². The Hall–Kier alpha value is -1.79. The van der Waals surface area contributed by atoms with E-state index in [0.29, 0.717) is 19.5 Å². The van der Waals surface area contributed by atoms with Gasteiger partial charge in [-0.05, 0) is 20.3 Å². The van der Waals surface area contributed by atoms with E-state index in [9.17, 15) is 14.4 Å². The average molecular weight is 271 g/mol. The van der Waals surface area contributed by atoms with Gasteiger partial charge < -0.3 is 20.6 Å². The lowest BCUT2D eigenvalue weighted by molar-refractivity contribution is -0.137. The number of likely N-dealkylation sites (tertiary alicyclic amines) is 1. The van der Waals surface area contributed by atoms with Gasteiger partial charge in [0.1, 0.15) is 0 Å². The highest BCUT2D eigenvalue weighted by molar-refractivity contribution is 5.80. The lowest BCUT2D eigenvalue weighted by atomic mass is 10.1. The Labute approximate surface area is 112 Å². The molecule has 1 unspecified atom stereocenters. The van der Waals surface area contributed by atoms with Gasteiger partial charge in [0, 0.05) is 25.7 Å². The molecule has 0 saturated carbocycles. The number of hydrogen-bond acceptors (Lipinski definition) is 3. The van der Waals surface area contributed by atoms with Crippen molar-refractivity contribution in [1.29, 1.82) is 0 Å². The van der Waals surface area contributed by atoms with Gasteiger partial charge in [0.2, 0.25) is 5.91 Å². The molecule has 7 heteroatoms. The monoisotopic (exact) mass is 271 g/mol. The van der Waals surface area contributed by atoms with Crippen molar-refractivity contribution < 1.29 is 19.5 Å². The maximum absolute atomic E-state index is 12.3. The molecule has 1 fully saturated rings. The van der Waals surface area contributed by atoms with E-state index >= 15 is 0 Å². The molecular weight excluding hydrogens is 250 g/mol. The van der Waals surface area contributed by atoms with Gasteiger partial charge in [-0.25, -0.2) is 4.79 Å². The van der Waals surface area contributed by atoms with Gasteiger partial charge in [-0.1, -0.05) is 0 Å². The first-order chi connectivity index (χ1) is 8.82. The fourth-order valence-corrected chi connectivity index (χ4v) is 2.14. The number of primary amides is 1. The maximum Gasteiger partial charge on any atom is 0.320 e. The SMILES string of the molecule is CC(C)N(CCC(=O)O)C(=O)N1CCC(C(N)=O)C1. The molecule has 0 aromatic rings. The summed E-state index contributed by atoms with van der Waals surface area (Å²) in [5.74, 6) is -1.62. The Morgan fingerprint density at radius 3 is 2.47 bits per heavy atom. The fourth-order valence-electron chi connectivity index (χ4n) is 2.14. The molecule has 0 aromatic heterocycles. The maximum atomic E-state index is 12.3. The number of urea groups is 1. The van der Waals surface area contributed by atoms with Crippen LogP contribution in [0, 0.1) is 5.92 Å². The van der Waals surface area contributed by atoms with Crippen LogP contribution in [0.1, 0.15) is 26.7 Å². The molecule has 3 amide bonds. The first-order valence-corrected chi connectivity index (χ1v) is 6.39. The van der Waals surface area contributed by atoms with Crippen LogP contribution in [-0.2, 0) is 9.59 Å². The van der Waals surface area contributed by atoms with Crippen molar-refractivity contribution in [3.05, 3.63) is 0 Å². The first-order valence-electron chi connectivity index (χ1n) is 6.39. The van der Waals surface area contributed by atoms with E-state index in [-0.39, 0.29) is 31.0 Å². The highest BCUT2D eigenvalue weighted by Gasteiger charge is 2.32. The van der Waals surface area contributed by atoms with Crippen molar-refractivity contribution in [1.82, 2.24) is 9.80 Å². The molecule has 108 valence electrons. The van der Waals surface area contributed by atoms with Gasteiger partial charge in [-0.2, -0.15) is 0 Å². The normalized spacial score (nSPS) is 18.7. The van der Waals surface area contributed by atoms with E-state index in [2.05, 4.69) is 0 Å². The van der Waals surface area contributed by atoms with Gasteiger partial charge in [0.15, 0.2) is 0 Å². The third-order valence-corrected chi connectivity index (χ3v) is 3.30. The van der Waals surface area contributed by atoms with Crippen LogP contribution in [0.5, 0.6) is 0 Å². The molecule has 1 atom stereocenters. The highest BCUT2D eigenvalue weighted by Crippen LogP contribution is 2.18.